The predicted octanol–water partition coefficient (Wildman–Crippen LogP) is -1.65. The summed E-state index contributed by atoms with van der Waals surface area (Å²) in [6.45, 7) is 4.07. The molecular formula is C9H17LiO2. The van der Waals surface area contributed by atoms with E-state index in [1.54, 1.807) is 0 Å². The second-order valence-corrected chi connectivity index (χ2v) is 2.95. The van der Waals surface area contributed by atoms with Crippen molar-refractivity contribution in [2.45, 2.75) is 46.0 Å². The van der Waals surface area contributed by atoms with Crippen LogP contribution >= 0.6 is 0 Å². The van der Waals surface area contributed by atoms with Gasteiger partial charge in [0.25, 0.3) is 0 Å². The Hall–Kier alpha value is 0.0674. The van der Waals surface area contributed by atoms with E-state index in [2.05, 4.69) is 6.92 Å². The van der Waals surface area contributed by atoms with Crippen LogP contribution in [0.5, 0.6) is 0 Å². The molecule has 0 aromatic heterocycles. The molecule has 0 saturated heterocycles. The van der Waals surface area contributed by atoms with Crippen molar-refractivity contribution in [2.75, 3.05) is 0 Å². The summed E-state index contributed by atoms with van der Waals surface area (Å²) in [5, 5.41) is 10.5. The smallest absolute Gasteiger partial charge is 0.550 e. The van der Waals surface area contributed by atoms with E-state index in [4.69, 9.17) is 0 Å². The number of hydrogen-bond donors (Lipinski definition) is 0. The third-order valence-corrected chi connectivity index (χ3v) is 1.88. The van der Waals surface area contributed by atoms with Crippen molar-refractivity contribution in [3.63, 3.8) is 0 Å². The Balaban J connectivity index is 0. The van der Waals surface area contributed by atoms with Gasteiger partial charge in [-0.1, -0.05) is 33.1 Å². The third-order valence-electron chi connectivity index (χ3n) is 1.88. The Morgan fingerprint density at radius 2 is 1.83 bits per heavy atom. The van der Waals surface area contributed by atoms with Gasteiger partial charge in [0.1, 0.15) is 0 Å². The first-order chi connectivity index (χ1) is 5.22. The minimum Gasteiger partial charge on any atom is -0.550 e. The van der Waals surface area contributed by atoms with E-state index in [1.807, 2.05) is 6.92 Å². The van der Waals surface area contributed by atoms with Crippen LogP contribution in [0.4, 0.5) is 0 Å². The molecule has 0 fully saturated rings. The topological polar surface area (TPSA) is 40.1 Å². The van der Waals surface area contributed by atoms with Crippen LogP contribution in [0.2, 0.25) is 0 Å². The van der Waals surface area contributed by atoms with Crippen LogP contribution < -0.4 is 24.0 Å². The average molecular weight is 164 g/mol. The first-order valence-electron chi connectivity index (χ1n) is 4.43. The van der Waals surface area contributed by atoms with Crippen LogP contribution in [0.1, 0.15) is 46.0 Å². The van der Waals surface area contributed by atoms with E-state index in [1.165, 1.54) is 0 Å². The molecule has 0 heterocycles. The molecule has 0 spiro atoms. The number of carbonyl (C=O) groups is 1. The van der Waals surface area contributed by atoms with E-state index in [0.29, 0.717) is 0 Å². The minimum absolute atomic E-state index is 0. The second-order valence-electron chi connectivity index (χ2n) is 2.95. The van der Waals surface area contributed by atoms with Gasteiger partial charge in [-0.05, 0) is 18.8 Å². The van der Waals surface area contributed by atoms with Gasteiger partial charge < -0.3 is 9.90 Å². The number of rotatable bonds is 6. The number of carboxylic acid groups (broad SMARTS) is 1. The molecule has 0 aliphatic heterocycles. The van der Waals surface area contributed by atoms with Crippen molar-refractivity contribution < 1.29 is 28.8 Å². The van der Waals surface area contributed by atoms with Gasteiger partial charge in [0, 0.05) is 5.97 Å². The quantitative estimate of drug-likeness (QED) is 0.441. The van der Waals surface area contributed by atoms with Crippen LogP contribution in [0.15, 0.2) is 0 Å². The fourth-order valence-electron chi connectivity index (χ4n) is 1.18. The molecule has 2 nitrogen and oxygen atoms in total. The Morgan fingerprint density at radius 3 is 2.17 bits per heavy atom. The molecule has 0 amide bonds. The molecule has 0 saturated carbocycles. The molecule has 0 N–H and O–H groups in total. The summed E-state index contributed by atoms with van der Waals surface area (Å²) in [7, 11) is 0. The van der Waals surface area contributed by atoms with Crippen LogP contribution in [0, 0.1) is 5.92 Å². The van der Waals surface area contributed by atoms with Crippen molar-refractivity contribution in [3.8, 4) is 0 Å². The van der Waals surface area contributed by atoms with Crippen LogP contribution in [-0.2, 0) is 4.79 Å². The molecule has 0 aliphatic rings. The van der Waals surface area contributed by atoms with Crippen LogP contribution in [-0.4, -0.2) is 5.97 Å². The zero-order valence-corrected chi connectivity index (χ0v) is 8.43. The Labute approximate surface area is 86.9 Å². The summed E-state index contributed by atoms with van der Waals surface area (Å²) >= 11 is 0. The molecule has 0 bridgehead atoms. The molecule has 0 aliphatic carbocycles. The van der Waals surface area contributed by atoms with Gasteiger partial charge in [-0.3, -0.25) is 0 Å². The molecule has 0 rings (SSSR count). The van der Waals surface area contributed by atoms with Crippen molar-refractivity contribution in [3.05, 3.63) is 0 Å². The normalized spacial score (nSPS) is 11.8. The maximum Gasteiger partial charge on any atom is 1.00 e. The van der Waals surface area contributed by atoms with E-state index >= 15 is 0 Å². The van der Waals surface area contributed by atoms with E-state index in [9.17, 15) is 9.90 Å². The monoisotopic (exact) mass is 164 g/mol. The summed E-state index contributed by atoms with van der Waals surface area (Å²) < 4.78 is 0. The molecule has 1 atom stereocenters. The van der Waals surface area contributed by atoms with E-state index < -0.39 is 5.97 Å². The summed E-state index contributed by atoms with van der Waals surface area (Å²) in [6.07, 6.45) is 4.55. The summed E-state index contributed by atoms with van der Waals surface area (Å²) in [5.41, 5.74) is 0. The summed E-state index contributed by atoms with van der Waals surface area (Å²) in [4.78, 5) is 10.5. The van der Waals surface area contributed by atoms with Gasteiger partial charge in [-0.15, -0.1) is 0 Å². The Morgan fingerprint density at radius 1 is 1.25 bits per heavy atom. The van der Waals surface area contributed by atoms with Crippen molar-refractivity contribution >= 4 is 5.97 Å². The molecule has 12 heavy (non-hydrogen) atoms. The van der Waals surface area contributed by atoms with Crippen molar-refractivity contribution in [1.29, 1.82) is 0 Å². The summed E-state index contributed by atoms with van der Waals surface area (Å²) in [6, 6.07) is 0. The van der Waals surface area contributed by atoms with Gasteiger partial charge in [-0.25, -0.2) is 0 Å². The number of carbonyl (C=O) groups excluding carboxylic acids is 1. The fraction of sp³-hybridized carbons (Fsp3) is 0.889. The first-order valence-corrected chi connectivity index (χ1v) is 4.43. The average Bonchev–Trinajstić information content (AvgIpc) is 1.97. The van der Waals surface area contributed by atoms with Gasteiger partial charge >= 0.3 is 18.9 Å². The fourth-order valence-corrected chi connectivity index (χ4v) is 1.18. The molecule has 3 heteroatoms. The van der Waals surface area contributed by atoms with E-state index in [-0.39, 0.29) is 24.8 Å². The first kappa shape index (κ1) is 14.6. The SMILES string of the molecule is CCCCC(CCC)C(=O)[O-].[Li+]. The maximum absolute atomic E-state index is 10.5. The molecule has 0 aromatic carbocycles. The van der Waals surface area contributed by atoms with Gasteiger partial charge in [0.05, 0.1) is 0 Å². The number of aliphatic carboxylic acids is 1. The number of hydrogen-bond acceptors (Lipinski definition) is 2. The molecular weight excluding hydrogens is 147 g/mol. The van der Waals surface area contributed by atoms with Crippen LogP contribution in [0.3, 0.4) is 0 Å². The zero-order chi connectivity index (χ0) is 8.69. The van der Waals surface area contributed by atoms with E-state index in [0.717, 1.165) is 32.1 Å². The Bertz CT molecular complexity index is 115. The van der Waals surface area contributed by atoms with Gasteiger partial charge in [0.15, 0.2) is 0 Å². The van der Waals surface area contributed by atoms with Gasteiger partial charge in [0.2, 0.25) is 0 Å². The maximum atomic E-state index is 10.5. The summed E-state index contributed by atoms with van der Waals surface area (Å²) in [5.74, 6) is -1.08. The van der Waals surface area contributed by atoms with Crippen molar-refractivity contribution in [2.24, 2.45) is 5.92 Å². The largest absolute Gasteiger partial charge is 1.00 e. The molecule has 66 valence electrons. The van der Waals surface area contributed by atoms with Gasteiger partial charge in [-0.2, -0.15) is 0 Å². The minimum atomic E-state index is -0.875. The van der Waals surface area contributed by atoms with Crippen LogP contribution in [0.25, 0.3) is 0 Å². The number of unbranched alkanes of at least 4 members (excludes halogenated alkanes) is 1. The molecule has 0 aromatic rings. The second kappa shape index (κ2) is 9.16. The Kier molecular flexibility index (Phi) is 11.1. The molecule has 0 radical (unpaired) electrons. The molecule has 1 unspecified atom stereocenters. The zero-order valence-electron chi connectivity index (χ0n) is 8.43. The standard InChI is InChI=1S/C9H18O2.Li/c1-3-5-7-8(6-4-2)9(10)11;/h8H,3-7H2,1-2H3,(H,10,11);/q;+1/p-1. The third kappa shape index (κ3) is 6.76. The predicted molar refractivity (Wildman–Crippen MR) is 42.9 cm³/mol. The van der Waals surface area contributed by atoms with Crippen molar-refractivity contribution in [1.82, 2.24) is 0 Å². The number of carboxylic acids is 1.